The number of fused-ring (bicyclic) bond motifs is 2. The zero-order chi connectivity index (χ0) is 9.42. The van der Waals surface area contributed by atoms with Crippen molar-refractivity contribution >= 4 is 0 Å². The minimum Gasteiger partial charge on any atom is -0.328 e. The maximum absolute atomic E-state index is 6.06. The monoisotopic (exact) mass is 182 g/mol. The molecule has 0 spiro atoms. The number of hydrogen-bond donors (Lipinski definition) is 1. The van der Waals surface area contributed by atoms with E-state index < -0.39 is 0 Å². The Bertz CT molecular complexity index is 165. The van der Waals surface area contributed by atoms with Gasteiger partial charge in [-0.3, -0.25) is 4.90 Å². The minimum atomic E-state index is 0.477. The average molecular weight is 182 g/mol. The molecule has 0 radical (unpaired) electrons. The summed E-state index contributed by atoms with van der Waals surface area (Å²) in [5, 5.41) is 0. The van der Waals surface area contributed by atoms with Gasteiger partial charge >= 0.3 is 0 Å². The van der Waals surface area contributed by atoms with Gasteiger partial charge in [-0.25, -0.2) is 0 Å². The van der Waals surface area contributed by atoms with E-state index in [-0.39, 0.29) is 0 Å². The lowest BCUT2D eigenvalue weighted by molar-refractivity contribution is 0.00622. The van der Waals surface area contributed by atoms with Gasteiger partial charge in [-0.1, -0.05) is 6.42 Å². The van der Waals surface area contributed by atoms with Gasteiger partial charge in [0.1, 0.15) is 0 Å². The zero-order valence-corrected chi connectivity index (χ0v) is 8.87. The summed E-state index contributed by atoms with van der Waals surface area (Å²) >= 11 is 0. The van der Waals surface area contributed by atoms with Crippen molar-refractivity contribution in [3.63, 3.8) is 0 Å². The number of hydrogen-bond acceptors (Lipinski definition) is 2. The molecule has 2 aliphatic rings. The first-order valence-electron chi connectivity index (χ1n) is 5.71. The van der Waals surface area contributed by atoms with E-state index in [1.807, 2.05) is 0 Å². The maximum atomic E-state index is 6.06. The largest absolute Gasteiger partial charge is 0.328 e. The third-order valence-electron chi connectivity index (χ3n) is 3.66. The Morgan fingerprint density at radius 1 is 1.15 bits per heavy atom. The Morgan fingerprint density at radius 3 is 2.15 bits per heavy atom. The third kappa shape index (κ3) is 1.75. The number of piperidine rings is 2. The van der Waals surface area contributed by atoms with E-state index in [2.05, 4.69) is 18.7 Å². The van der Waals surface area contributed by atoms with Crippen LogP contribution in [-0.2, 0) is 0 Å². The molecule has 0 aromatic rings. The van der Waals surface area contributed by atoms with Gasteiger partial charge in [0.15, 0.2) is 0 Å². The fourth-order valence-electron chi connectivity index (χ4n) is 3.30. The van der Waals surface area contributed by atoms with Crippen LogP contribution < -0.4 is 5.73 Å². The van der Waals surface area contributed by atoms with Crippen LogP contribution in [0.2, 0.25) is 0 Å². The Morgan fingerprint density at radius 2 is 1.69 bits per heavy atom. The van der Waals surface area contributed by atoms with E-state index in [1.165, 1.54) is 32.1 Å². The van der Waals surface area contributed by atoms with Crippen LogP contribution >= 0.6 is 0 Å². The highest BCUT2D eigenvalue weighted by molar-refractivity contribution is 4.95. The second-order valence-corrected chi connectivity index (χ2v) is 5.01. The molecule has 2 nitrogen and oxygen atoms in total. The summed E-state index contributed by atoms with van der Waals surface area (Å²) in [7, 11) is 0. The molecular weight excluding hydrogens is 160 g/mol. The molecule has 0 aromatic carbocycles. The van der Waals surface area contributed by atoms with E-state index in [0.717, 1.165) is 12.1 Å². The van der Waals surface area contributed by atoms with E-state index >= 15 is 0 Å². The standard InChI is InChI=1S/C11H22N2/c1-8(2)13-10-4-3-5-11(13)7-9(12)6-10/h8-11H,3-7,12H2,1-2H3/t10-,11-/m1/s1. The van der Waals surface area contributed by atoms with Crippen molar-refractivity contribution in [3.05, 3.63) is 0 Å². The zero-order valence-electron chi connectivity index (χ0n) is 8.87. The van der Waals surface area contributed by atoms with Crippen LogP contribution in [0.25, 0.3) is 0 Å². The van der Waals surface area contributed by atoms with Crippen molar-refractivity contribution in [1.29, 1.82) is 0 Å². The van der Waals surface area contributed by atoms with Gasteiger partial charge in [0.2, 0.25) is 0 Å². The van der Waals surface area contributed by atoms with Gasteiger partial charge in [0, 0.05) is 24.2 Å². The highest BCUT2D eigenvalue weighted by Crippen LogP contribution is 2.34. The molecule has 0 saturated carbocycles. The van der Waals surface area contributed by atoms with Crippen LogP contribution in [0.15, 0.2) is 0 Å². The van der Waals surface area contributed by atoms with Gasteiger partial charge in [-0.05, 0) is 39.5 Å². The summed E-state index contributed by atoms with van der Waals surface area (Å²) in [4.78, 5) is 2.72. The Hall–Kier alpha value is -0.0800. The molecule has 2 saturated heterocycles. The van der Waals surface area contributed by atoms with Crippen LogP contribution in [-0.4, -0.2) is 29.1 Å². The van der Waals surface area contributed by atoms with Gasteiger partial charge in [0.05, 0.1) is 0 Å². The number of nitrogens with two attached hydrogens (primary N) is 1. The summed E-state index contributed by atoms with van der Waals surface area (Å²) < 4.78 is 0. The van der Waals surface area contributed by atoms with Crippen molar-refractivity contribution in [2.24, 2.45) is 5.73 Å². The van der Waals surface area contributed by atoms with Crippen LogP contribution in [0.1, 0.15) is 46.0 Å². The van der Waals surface area contributed by atoms with Gasteiger partial charge in [-0.15, -0.1) is 0 Å². The van der Waals surface area contributed by atoms with Crippen molar-refractivity contribution in [2.45, 2.75) is 70.1 Å². The summed E-state index contributed by atoms with van der Waals surface area (Å²) in [6.07, 6.45) is 6.64. The highest BCUT2D eigenvalue weighted by Gasteiger charge is 2.37. The van der Waals surface area contributed by atoms with E-state index in [4.69, 9.17) is 5.73 Å². The SMILES string of the molecule is CC(C)N1[C@@H]2CCC[C@@H]1CC(N)C2. The predicted octanol–water partition coefficient (Wildman–Crippen LogP) is 1.74. The molecule has 2 rings (SSSR count). The topological polar surface area (TPSA) is 29.3 Å². The molecule has 2 heterocycles. The smallest absolute Gasteiger partial charge is 0.0116 e. The molecule has 0 amide bonds. The first-order valence-corrected chi connectivity index (χ1v) is 5.71. The maximum Gasteiger partial charge on any atom is 0.0116 e. The van der Waals surface area contributed by atoms with Gasteiger partial charge in [-0.2, -0.15) is 0 Å². The summed E-state index contributed by atoms with van der Waals surface area (Å²) in [5.74, 6) is 0. The van der Waals surface area contributed by atoms with E-state index in [1.54, 1.807) is 0 Å². The summed E-state index contributed by atoms with van der Waals surface area (Å²) in [6.45, 7) is 4.64. The normalized spacial score (nSPS) is 41.1. The lowest BCUT2D eigenvalue weighted by Crippen LogP contribution is -2.57. The van der Waals surface area contributed by atoms with E-state index in [9.17, 15) is 0 Å². The second kappa shape index (κ2) is 3.58. The van der Waals surface area contributed by atoms with Crippen LogP contribution in [0.5, 0.6) is 0 Å². The Labute approximate surface area is 81.5 Å². The van der Waals surface area contributed by atoms with Gasteiger partial charge in [0.25, 0.3) is 0 Å². The molecule has 2 atom stereocenters. The molecule has 2 fully saturated rings. The molecule has 2 N–H and O–H groups in total. The lowest BCUT2D eigenvalue weighted by atomic mass is 9.81. The molecule has 2 heteroatoms. The minimum absolute atomic E-state index is 0.477. The molecule has 13 heavy (non-hydrogen) atoms. The quantitative estimate of drug-likeness (QED) is 0.669. The molecule has 76 valence electrons. The van der Waals surface area contributed by atoms with E-state index in [0.29, 0.717) is 12.1 Å². The molecule has 2 bridgehead atoms. The molecular formula is C11H22N2. The summed E-state index contributed by atoms with van der Waals surface area (Å²) in [5.41, 5.74) is 6.06. The second-order valence-electron chi connectivity index (χ2n) is 5.01. The van der Waals surface area contributed by atoms with Gasteiger partial charge < -0.3 is 5.73 Å². The van der Waals surface area contributed by atoms with Crippen molar-refractivity contribution in [3.8, 4) is 0 Å². The summed E-state index contributed by atoms with van der Waals surface area (Å²) in [6, 6.07) is 2.78. The molecule has 2 aliphatic heterocycles. The van der Waals surface area contributed by atoms with Crippen LogP contribution in [0.3, 0.4) is 0 Å². The molecule has 0 aromatic heterocycles. The van der Waals surface area contributed by atoms with Crippen molar-refractivity contribution in [2.75, 3.05) is 0 Å². The molecule has 0 unspecified atom stereocenters. The van der Waals surface area contributed by atoms with Crippen molar-refractivity contribution < 1.29 is 0 Å². The number of nitrogens with zero attached hydrogens (tertiary/aromatic N) is 1. The fraction of sp³-hybridized carbons (Fsp3) is 1.00. The molecule has 0 aliphatic carbocycles. The predicted molar refractivity (Wildman–Crippen MR) is 55.6 cm³/mol. The first kappa shape index (κ1) is 9.47. The highest BCUT2D eigenvalue weighted by atomic mass is 15.2. The van der Waals surface area contributed by atoms with Crippen LogP contribution in [0, 0.1) is 0 Å². The Kier molecular flexibility index (Phi) is 2.61. The van der Waals surface area contributed by atoms with Crippen LogP contribution in [0.4, 0.5) is 0 Å². The number of rotatable bonds is 1. The fourth-order valence-corrected chi connectivity index (χ4v) is 3.30. The third-order valence-corrected chi connectivity index (χ3v) is 3.66. The average Bonchev–Trinajstić information content (AvgIpc) is 2.01. The lowest BCUT2D eigenvalue weighted by Gasteiger charge is -2.50. The van der Waals surface area contributed by atoms with Crippen molar-refractivity contribution in [1.82, 2.24) is 4.90 Å². The Balaban J connectivity index is 2.10. The first-order chi connectivity index (χ1) is 6.18.